The monoisotopic (exact) mass is 450 g/mol. The molecular weight excluding hydrogens is 432 g/mol. The van der Waals surface area contributed by atoms with Gasteiger partial charge in [0.2, 0.25) is 0 Å². The van der Waals surface area contributed by atoms with Crippen LogP contribution in [0.15, 0.2) is 42.5 Å². The Morgan fingerprint density at radius 1 is 1.03 bits per heavy atom. The topological polar surface area (TPSA) is 101 Å². The Balaban J connectivity index is 1.99. The number of hydrogen-bond acceptors (Lipinski definition) is 5. The Kier molecular flexibility index (Phi) is 4.80. The Morgan fingerprint density at radius 3 is 2.56 bits per heavy atom. The highest BCUT2D eigenvalue weighted by Gasteiger charge is 2.35. The number of amides is 2. The van der Waals surface area contributed by atoms with Gasteiger partial charge in [-0.3, -0.25) is 14.9 Å². The first-order valence-electron chi connectivity index (χ1n) is 10.1. The number of ether oxygens (including phenoxy) is 1. The SMILES string of the molecule is COc1cccc(Cl)c1-c1cc2c(c3c1C(=O)NC3=O)c1cc(O)ccc1n2CCCO. The van der Waals surface area contributed by atoms with E-state index in [9.17, 15) is 19.8 Å². The third kappa shape index (κ3) is 2.86. The summed E-state index contributed by atoms with van der Waals surface area (Å²) in [6.07, 6.45) is 0.493. The lowest BCUT2D eigenvalue weighted by Crippen LogP contribution is -2.20. The third-order valence-corrected chi connectivity index (χ3v) is 6.14. The molecule has 2 heterocycles. The van der Waals surface area contributed by atoms with Crippen molar-refractivity contribution in [1.82, 2.24) is 9.88 Å². The first kappa shape index (κ1) is 20.4. The highest BCUT2D eigenvalue weighted by molar-refractivity contribution is 6.36. The van der Waals surface area contributed by atoms with Crippen LogP contribution in [0.5, 0.6) is 11.5 Å². The number of aliphatic hydroxyl groups excluding tert-OH is 1. The predicted octanol–water partition coefficient (Wildman–Crippen LogP) is 4.10. The molecule has 32 heavy (non-hydrogen) atoms. The molecule has 3 N–H and O–H groups in total. The van der Waals surface area contributed by atoms with E-state index in [2.05, 4.69) is 5.32 Å². The van der Waals surface area contributed by atoms with E-state index >= 15 is 0 Å². The number of phenols is 1. The predicted molar refractivity (Wildman–Crippen MR) is 122 cm³/mol. The first-order valence-corrected chi connectivity index (χ1v) is 10.5. The molecule has 0 atom stereocenters. The molecule has 0 bridgehead atoms. The Labute approximate surface area is 187 Å². The van der Waals surface area contributed by atoms with Gasteiger partial charge in [0.25, 0.3) is 11.8 Å². The zero-order chi connectivity index (χ0) is 22.6. The molecule has 5 rings (SSSR count). The lowest BCUT2D eigenvalue weighted by molar-refractivity contribution is 0.0880. The van der Waals surface area contributed by atoms with Crippen molar-refractivity contribution in [1.29, 1.82) is 0 Å². The largest absolute Gasteiger partial charge is 0.508 e. The first-order chi connectivity index (χ1) is 15.5. The molecule has 3 aromatic carbocycles. The van der Waals surface area contributed by atoms with Crippen molar-refractivity contribution in [2.24, 2.45) is 0 Å². The second-order valence-electron chi connectivity index (χ2n) is 7.60. The quantitative estimate of drug-likeness (QED) is 0.397. The van der Waals surface area contributed by atoms with Crippen LogP contribution in [0.1, 0.15) is 27.1 Å². The number of phenolic OH excluding ortho intramolecular Hbond substituents is 1. The minimum atomic E-state index is -0.514. The van der Waals surface area contributed by atoms with Crippen molar-refractivity contribution in [2.75, 3.05) is 13.7 Å². The summed E-state index contributed by atoms with van der Waals surface area (Å²) in [5.74, 6) is -0.497. The summed E-state index contributed by atoms with van der Waals surface area (Å²) in [7, 11) is 1.51. The van der Waals surface area contributed by atoms with Crippen LogP contribution in [0.2, 0.25) is 5.02 Å². The van der Waals surface area contributed by atoms with Gasteiger partial charge in [-0.25, -0.2) is 0 Å². The number of methoxy groups -OCH3 is 1. The van der Waals surface area contributed by atoms with Crippen molar-refractivity contribution in [3.63, 3.8) is 0 Å². The summed E-state index contributed by atoms with van der Waals surface area (Å²) in [6, 6.07) is 11.9. The summed E-state index contributed by atoms with van der Waals surface area (Å²) >= 11 is 6.53. The molecule has 0 unspecified atom stereocenters. The molecule has 1 aliphatic heterocycles. The Hall–Kier alpha value is -3.55. The number of imide groups is 1. The number of hydrogen-bond donors (Lipinski definition) is 3. The van der Waals surface area contributed by atoms with Gasteiger partial charge in [-0.2, -0.15) is 0 Å². The zero-order valence-corrected chi connectivity index (χ0v) is 17.9. The fourth-order valence-electron chi connectivity index (χ4n) is 4.54. The molecule has 8 heteroatoms. The summed E-state index contributed by atoms with van der Waals surface area (Å²) < 4.78 is 7.49. The van der Waals surface area contributed by atoms with E-state index in [4.69, 9.17) is 16.3 Å². The van der Waals surface area contributed by atoms with E-state index in [1.54, 1.807) is 36.4 Å². The van der Waals surface area contributed by atoms with Gasteiger partial charge in [0, 0.05) is 40.6 Å². The van der Waals surface area contributed by atoms with Crippen molar-refractivity contribution in [3.05, 3.63) is 58.6 Å². The van der Waals surface area contributed by atoms with Crippen molar-refractivity contribution >= 4 is 45.2 Å². The molecule has 0 saturated carbocycles. The van der Waals surface area contributed by atoms with Gasteiger partial charge in [-0.1, -0.05) is 17.7 Å². The van der Waals surface area contributed by atoms with Crippen LogP contribution in [0.25, 0.3) is 32.9 Å². The van der Waals surface area contributed by atoms with Crippen molar-refractivity contribution in [3.8, 4) is 22.6 Å². The highest BCUT2D eigenvalue weighted by Crippen LogP contribution is 2.45. The van der Waals surface area contributed by atoms with Gasteiger partial charge in [0.1, 0.15) is 11.5 Å². The van der Waals surface area contributed by atoms with Gasteiger partial charge < -0.3 is 19.5 Å². The molecule has 0 radical (unpaired) electrons. The number of benzene rings is 3. The van der Waals surface area contributed by atoms with Crippen molar-refractivity contribution < 1.29 is 24.5 Å². The number of aromatic hydroxyl groups is 1. The third-order valence-electron chi connectivity index (χ3n) is 5.82. The fourth-order valence-corrected chi connectivity index (χ4v) is 4.81. The van der Waals surface area contributed by atoms with Gasteiger partial charge in [0.05, 0.1) is 28.8 Å². The molecule has 1 aliphatic rings. The molecule has 2 amide bonds. The second-order valence-corrected chi connectivity index (χ2v) is 8.01. The standard InChI is InChI=1S/C24H19ClN2O5/c1-32-18-5-2-4-15(25)19(18)14-11-17-20(22-21(14)23(30)26-24(22)31)13-10-12(29)6-7-16(13)27(17)8-3-9-28/h2,4-7,10-11,28-29H,3,8-9H2,1H3,(H,26,30,31). The number of rotatable bonds is 5. The van der Waals surface area contributed by atoms with E-state index in [0.717, 1.165) is 5.52 Å². The molecule has 0 aliphatic carbocycles. The maximum absolute atomic E-state index is 13.0. The van der Waals surface area contributed by atoms with E-state index < -0.39 is 11.8 Å². The molecule has 0 saturated heterocycles. The van der Waals surface area contributed by atoms with Gasteiger partial charge in [-0.05, 0) is 42.8 Å². The highest BCUT2D eigenvalue weighted by atomic mass is 35.5. The minimum absolute atomic E-state index is 0.00560. The van der Waals surface area contributed by atoms with Crippen LogP contribution in [0, 0.1) is 0 Å². The molecule has 0 fully saturated rings. The average molecular weight is 451 g/mol. The van der Waals surface area contributed by atoms with Gasteiger partial charge in [-0.15, -0.1) is 0 Å². The van der Waals surface area contributed by atoms with Crippen LogP contribution in [-0.4, -0.2) is 40.3 Å². The van der Waals surface area contributed by atoms with Crippen LogP contribution in [0.3, 0.4) is 0 Å². The molecule has 4 aromatic rings. The van der Waals surface area contributed by atoms with E-state index in [1.165, 1.54) is 7.11 Å². The number of aliphatic hydroxyl groups is 1. The number of aryl methyl sites for hydroxylation is 1. The van der Waals surface area contributed by atoms with Crippen LogP contribution in [0.4, 0.5) is 0 Å². The lowest BCUT2D eigenvalue weighted by Gasteiger charge is -2.15. The minimum Gasteiger partial charge on any atom is -0.508 e. The normalized spacial score (nSPS) is 13.1. The van der Waals surface area contributed by atoms with Gasteiger partial charge in [0.15, 0.2) is 0 Å². The van der Waals surface area contributed by atoms with Crippen molar-refractivity contribution in [2.45, 2.75) is 13.0 Å². The van der Waals surface area contributed by atoms with E-state index in [0.29, 0.717) is 51.2 Å². The fraction of sp³-hybridized carbons (Fsp3) is 0.167. The van der Waals surface area contributed by atoms with Crippen LogP contribution < -0.4 is 10.1 Å². The molecule has 0 spiro atoms. The number of carbonyl (C=O) groups is 2. The maximum Gasteiger partial charge on any atom is 0.259 e. The molecular formula is C24H19ClN2O5. The number of halogens is 1. The summed E-state index contributed by atoms with van der Waals surface area (Å²) in [5, 5.41) is 23.6. The molecule has 7 nitrogen and oxygen atoms in total. The van der Waals surface area contributed by atoms with E-state index in [-0.39, 0.29) is 23.5 Å². The molecule has 162 valence electrons. The summed E-state index contributed by atoms with van der Waals surface area (Å²) in [6.45, 7) is 0.475. The zero-order valence-electron chi connectivity index (χ0n) is 17.1. The number of nitrogens with zero attached hydrogens (tertiary/aromatic N) is 1. The van der Waals surface area contributed by atoms with Crippen LogP contribution >= 0.6 is 11.6 Å². The Morgan fingerprint density at radius 2 is 1.81 bits per heavy atom. The van der Waals surface area contributed by atoms with Crippen LogP contribution in [-0.2, 0) is 6.54 Å². The average Bonchev–Trinajstić information content (AvgIpc) is 3.24. The second kappa shape index (κ2) is 7.55. The number of carbonyl (C=O) groups excluding carboxylic acids is 2. The van der Waals surface area contributed by atoms with E-state index in [1.807, 2.05) is 10.6 Å². The number of nitrogens with one attached hydrogen (secondary N) is 1. The molecule has 1 aromatic heterocycles. The smallest absolute Gasteiger partial charge is 0.259 e. The summed E-state index contributed by atoms with van der Waals surface area (Å²) in [5.41, 5.74) is 2.93. The summed E-state index contributed by atoms with van der Waals surface area (Å²) in [4.78, 5) is 25.9. The maximum atomic E-state index is 13.0. The van der Waals surface area contributed by atoms with Gasteiger partial charge >= 0.3 is 0 Å². The number of fused-ring (bicyclic) bond motifs is 5. The number of aromatic nitrogens is 1. The Bertz CT molecular complexity index is 1440. The lowest BCUT2D eigenvalue weighted by atomic mass is 9.92.